The molecular formula is C16H20IN3O3. The molecule has 1 aromatic rings. The van der Waals surface area contributed by atoms with E-state index in [4.69, 9.17) is 4.74 Å². The minimum Gasteiger partial charge on any atom is -0.368 e. The lowest BCUT2D eigenvalue weighted by molar-refractivity contribution is -0.142. The van der Waals surface area contributed by atoms with Crippen LogP contribution < -0.4 is 5.32 Å². The molecule has 0 aliphatic carbocycles. The number of hydrogen-bond acceptors (Lipinski definition) is 3. The summed E-state index contributed by atoms with van der Waals surface area (Å²) in [5.74, 6) is 0.0696. The average molecular weight is 429 g/mol. The van der Waals surface area contributed by atoms with Crippen LogP contribution in [0.2, 0.25) is 0 Å². The van der Waals surface area contributed by atoms with Crippen molar-refractivity contribution in [2.75, 3.05) is 38.1 Å². The summed E-state index contributed by atoms with van der Waals surface area (Å²) in [7, 11) is 0. The number of hydrogen-bond donors (Lipinski definition) is 1. The molecule has 0 spiro atoms. The van der Waals surface area contributed by atoms with Gasteiger partial charge in [-0.3, -0.25) is 4.79 Å². The zero-order valence-corrected chi connectivity index (χ0v) is 15.0. The van der Waals surface area contributed by atoms with E-state index in [2.05, 4.69) is 27.9 Å². The molecule has 2 aliphatic heterocycles. The second kappa shape index (κ2) is 7.48. The van der Waals surface area contributed by atoms with Gasteiger partial charge in [-0.15, -0.1) is 0 Å². The lowest BCUT2D eigenvalue weighted by Crippen LogP contribution is -2.53. The zero-order valence-electron chi connectivity index (χ0n) is 12.8. The monoisotopic (exact) mass is 429 g/mol. The number of nitrogens with one attached hydrogen (secondary N) is 1. The molecule has 23 heavy (non-hydrogen) atoms. The highest BCUT2D eigenvalue weighted by Gasteiger charge is 2.31. The molecule has 3 amide bonds. The molecule has 3 rings (SSSR count). The third kappa shape index (κ3) is 4.14. The van der Waals surface area contributed by atoms with E-state index in [9.17, 15) is 9.59 Å². The zero-order chi connectivity index (χ0) is 16.2. The number of carbonyl (C=O) groups is 2. The number of halogens is 1. The molecule has 1 atom stereocenters. The van der Waals surface area contributed by atoms with Crippen molar-refractivity contribution in [1.82, 2.24) is 9.80 Å². The molecule has 0 bridgehead atoms. The summed E-state index contributed by atoms with van der Waals surface area (Å²) in [6.07, 6.45) is 1.49. The van der Waals surface area contributed by atoms with Gasteiger partial charge in [-0.1, -0.05) is 0 Å². The van der Waals surface area contributed by atoms with Gasteiger partial charge in [0.1, 0.15) is 6.10 Å². The van der Waals surface area contributed by atoms with Crippen LogP contribution in [0.5, 0.6) is 0 Å². The van der Waals surface area contributed by atoms with Gasteiger partial charge in [0, 0.05) is 42.0 Å². The molecular weight excluding hydrogens is 409 g/mol. The molecule has 2 heterocycles. The highest BCUT2D eigenvalue weighted by Crippen LogP contribution is 2.17. The van der Waals surface area contributed by atoms with Gasteiger partial charge in [0.25, 0.3) is 5.91 Å². The second-order valence-corrected chi connectivity index (χ2v) is 7.00. The fourth-order valence-corrected chi connectivity index (χ4v) is 3.20. The highest BCUT2D eigenvalue weighted by atomic mass is 127. The average Bonchev–Trinajstić information content (AvgIpc) is 3.11. The maximum Gasteiger partial charge on any atom is 0.321 e. The van der Waals surface area contributed by atoms with Crippen molar-refractivity contribution < 1.29 is 14.3 Å². The Morgan fingerprint density at radius 1 is 1.09 bits per heavy atom. The largest absolute Gasteiger partial charge is 0.368 e. The maximum atomic E-state index is 12.3. The Kier molecular flexibility index (Phi) is 5.37. The summed E-state index contributed by atoms with van der Waals surface area (Å²) in [6, 6.07) is 7.56. The van der Waals surface area contributed by atoms with Crippen LogP contribution in [0.15, 0.2) is 24.3 Å². The van der Waals surface area contributed by atoms with Crippen LogP contribution in [0.1, 0.15) is 12.8 Å². The van der Waals surface area contributed by atoms with Crippen LogP contribution in [-0.2, 0) is 9.53 Å². The lowest BCUT2D eigenvalue weighted by Gasteiger charge is -2.35. The molecule has 0 saturated carbocycles. The summed E-state index contributed by atoms with van der Waals surface area (Å²) in [4.78, 5) is 28.1. The van der Waals surface area contributed by atoms with Gasteiger partial charge in [-0.25, -0.2) is 4.79 Å². The molecule has 7 heteroatoms. The number of nitrogens with zero attached hydrogens (tertiary/aromatic N) is 2. The SMILES string of the molecule is O=C(Nc1ccc(I)cc1)N1CCN(C(=O)C2CCCO2)CC1. The summed E-state index contributed by atoms with van der Waals surface area (Å²) in [5.41, 5.74) is 0.785. The number of benzene rings is 1. The van der Waals surface area contributed by atoms with E-state index in [1.807, 2.05) is 29.2 Å². The van der Waals surface area contributed by atoms with E-state index in [0.717, 1.165) is 22.1 Å². The summed E-state index contributed by atoms with van der Waals surface area (Å²) >= 11 is 2.23. The molecule has 2 fully saturated rings. The standard InChI is InChI=1S/C16H20IN3O3/c17-12-3-5-13(6-4-12)18-16(22)20-9-7-19(8-10-20)15(21)14-2-1-11-23-14/h3-6,14H,1-2,7-11H2,(H,18,22). The molecule has 1 N–H and O–H groups in total. The lowest BCUT2D eigenvalue weighted by atomic mass is 10.2. The number of carbonyl (C=O) groups excluding carboxylic acids is 2. The number of rotatable bonds is 2. The molecule has 0 aromatic heterocycles. The van der Waals surface area contributed by atoms with E-state index in [-0.39, 0.29) is 18.0 Å². The molecule has 1 aromatic carbocycles. The second-order valence-electron chi connectivity index (χ2n) is 5.75. The van der Waals surface area contributed by atoms with Crippen molar-refractivity contribution in [3.8, 4) is 0 Å². The van der Waals surface area contributed by atoms with Crippen LogP contribution in [-0.4, -0.2) is 60.6 Å². The van der Waals surface area contributed by atoms with Crippen molar-refractivity contribution >= 4 is 40.2 Å². The van der Waals surface area contributed by atoms with E-state index in [1.54, 1.807) is 4.90 Å². The fourth-order valence-electron chi connectivity index (χ4n) is 2.84. The van der Waals surface area contributed by atoms with Gasteiger partial charge in [-0.05, 0) is 59.7 Å². The Balaban J connectivity index is 1.49. The Hall–Kier alpha value is -1.35. The van der Waals surface area contributed by atoms with Crippen LogP contribution in [0, 0.1) is 3.57 Å². The third-order valence-electron chi connectivity index (χ3n) is 4.18. The fraction of sp³-hybridized carbons (Fsp3) is 0.500. The summed E-state index contributed by atoms with van der Waals surface area (Å²) < 4.78 is 6.57. The molecule has 2 aliphatic rings. The highest BCUT2D eigenvalue weighted by molar-refractivity contribution is 14.1. The molecule has 1 unspecified atom stereocenters. The first-order valence-electron chi connectivity index (χ1n) is 7.85. The van der Waals surface area contributed by atoms with E-state index in [1.165, 1.54) is 0 Å². The van der Waals surface area contributed by atoms with Crippen molar-refractivity contribution in [1.29, 1.82) is 0 Å². The van der Waals surface area contributed by atoms with Gasteiger partial charge >= 0.3 is 6.03 Å². The first-order chi connectivity index (χ1) is 11.1. The first-order valence-corrected chi connectivity index (χ1v) is 8.93. The van der Waals surface area contributed by atoms with Crippen LogP contribution in [0.3, 0.4) is 0 Å². The minimum absolute atomic E-state index is 0.0696. The van der Waals surface area contributed by atoms with Crippen molar-refractivity contribution in [2.45, 2.75) is 18.9 Å². The van der Waals surface area contributed by atoms with Crippen LogP contribution >= 0.6 is 22.6 Å². The maximum absolute atomic E-state index is 12.3. The van der Waals surface area contributed by atoms with Gasteiger partial charge in [-0.2, -0.15) is 0 Å². The van der Waals surface area contributed by atoms with Gasteiger partial charge in [0.15, 0.2) is 0 Å². The predicted octanol–water partition coefficient (Wildman–Crippen LogP) is 2.15. The molecule has 2 saturated heterocycles. The Labute approximate surface area is 149 Å². The Morgan fingerprint density at radius 3 is 2.35 bits per heavy atom. The number of amides is 3. The molecule has 0 radical (unpaired) electrons. The Morgan fingerprint density at radius 2 is 1.74 bits per heavy atom. The van der Waals surface area contributed by atoms with E-state index < -0.39 is 0 Å². The molecule has 6 nitrogen and oxygen atoms in total. The topological polar surface area (TPSA) is 61.9 Å². The summed E-state index contributed by atoms with van der Waals surface area (Å²) in [5, 5.41) is 2.89. The van der Waals surface area contributed by atoms with Gasteiger partial charge in [0.05, 0.1) is 0 Å². The quantitative estimate of drug-likeness (QED) is 0.734. The smallest absolute Gasteiger partial charge is 0.321 e. The first kappa shape index (κ1) is 16.5. The number of piperazine rings is 1. The number of anilines is 1. The van der Waals surface area contributed by atoms with Crippen molar-refractivity contribution in [2.24, 2.45) is 0 Å². The third-order valence-corrected chi connectivity index (χ3v) is 4.90. The van der Waals surface area contributed by atoms with Crippen molar-refractivity contribution in [3.63, 3.8) is 0 Å². The van der Waals surface area contributed by atoms with Crippen molar-refractivity contribution in [3.05, 3.63) is 27.8 Å². The predicted molar refractivity (Wildman–Crippen MR) is 95.3 cm³/mol. The normalized spacial score (nSPS) is 21.3. The minimum atomic E-state index is -0.276. The Bertz CT molecular complexity index is 564. The summed E-state index contributed by atoms with van der Waals surface area (Å²) in [6.45, 7) is 2.91. The number of urea groups is 1. The number of ether oxygens (including phenoxy) is 1. The van der Waals surface area contributed by atoms with E-state index >= 15 is 0 Å². The van der Waals surface area contributed by atoms with E-state index in [0.29, 0.717) is 32.8 Å². The van der Waals surface area contributed by atoms with Crippen LogP contribution in [0.25, 0.3) is 0 Å². The van der Waals surface area contributed by atoms with Gasteiger partial charge in [0.2, 0.25) is 0 Å². The molecule has 124 valence electrons. The van der Waals surface area contributed by atoms with Gasteiger partial charge < -0.3 is 19.9 Å². The van der Waals surface area contributed by atoms with Crippen LogP contribution in [0.4, 0.5) is 10.5 Å².